The van der Waals surface area contributed by atoms with E-state index in [2.05, 4.69) is 25.5 Å². The van der Waals surface area contributed by atoms with Crippen LogP contribution >= 0.6 is 35.0 Å². The van der Waals surface area contributed by atoms with Gasteiger partial charge in [-0.1, -0.05) is 35.0 Å². The molecule has 0 spiro atoms. The van der Waals surface area contributed by atoms with Gasteiger partial charge >= 0.3 is 12.2 Å². The summed E-state index contributed by atoms with van der Waals surface area (Å²) in [6.07, 6.45) is 3.53. The SMILES string of the molecule is C[C@H]1SC(CCCCOc2ccc(Cl)c(Cl)c2Cn2cnc3c(OC(N)=O)ncnc32)=NN1NC(=O)OC(C)(C)C. The van der Waals surface area contributed by atoms with Gasteiger partial charge in [0.05, 0.1) is 34.6 Å². The topological polar surface area (TPSA) is 159 Å². The van der Waals surface area contributed by atoms with Crippen LogP contribution in [-0.2, 0) is 11.3 Å². The number of halogens is 2. The van der Waals surface area contributed by atoms with E-state index in [0.29, 0.717) is 33.6 Å². The molecule has 0 unspecified atom stereocenters. The number of hydrogen-bond donors (Lipinski definition) is 2. The highest BCUT2D eigenvalue weighted by Crippen LogP contribution is 2.35. The maximum absolute atomic E-state index is 12.1. The fraction of sp³-hybridized carbons (Fsp3) is 0.440. The minimum Gasteiger partial charge on any atom is -0.493 e. The van der Waals surface area contributed by atoms with Gasteiger partial charge in [-0.2, -0.15) is 15.2 Å². The molecule has 1 aliphatic heterocycles. The Balaban J connectivity index is 1.35. The molecule has 3 heterocycles. The Morgan fingerprint density at radius 2 is 1.95 bits per heavy atom. The van der Waals surface area contributed by atoms with E-state index in [1.54, 1.807) is 49.2 Å². The number of nitrogens with zero attached hydrogens (tertiary/aromatic N) is 6. The molecule has 1 aliphatic rings. The summed E-state index contributed by atoms with van der Waals surface area (Å²) in [5.41, 5.74) is 8.52. The molecular weight excluding hydrogens is 595 g/mol. The van der Waals surface area contributed by atoms with Crippen LogP contribution in [0.1, 0.15) is 52.5 Å². The number of aromatic nitrogens is 4. The summed E-state index contributed by atoms with van der Waals surface area (Å²) in [5, 5.41) is 7.60. The second kappa shape index (κ2) is 13.0. The van der Waals surface area contributed by atoms with E-state index in [-0.39, 0.29) is 23.3 Å². The molecule has 1 atom stereocenters. The lowest BCUT2D eigenvalue weighted by molar-refractivity contribution is 0.0330. The van der Waals surface area contributed by atoms with Crippen LogP contribution in [0.25, 0.3) is 11.2 Å². The van der Waals surface area contributed by atoms with Gasteiger partial charge in [0.25, 0.3) is 5.88 Å². The Morgan fingerprint density at radius 3 is 2.68 bits per heavy atom. The number of carbonyl (C=O) groups is 2. The van der Waals surface area contributed by atoms with Gasteiger partial charge < -0.3 is 24.5 Å². The number of carbonyl (C=O) groups excluding carboxylic acids is 2. The zero-order valence-electron chi connectivity index (χ0n) is 22.9. The molecular formula is C25H30Cl2N8O5S. The maximum atomic E-state index is 12.1. The summed E-state index contributed by atoms with van der Waals surface area (Å²) >= 11 is 14.5. The summed E-state index contributed by atoms with van der Waals surface area (Å²) < 4.78 is 18.0. The molecule has 41 heavy (non-hydrogen) atoms. The third-order valence-corrected chi connectivity index (χ3v) is 7.51. The number of nitrogens with two attached hydrogens (primary N) is 1. The van der Waals surface area contributed by atoms with Crippen LogP contribution in [0.4, 0.5) is 9.59 Å². The summed E-state index contributed by atoms with van der Waals surface area (Å²) in [5.74, 6) is 0.524. The quantitative estimate of drug-likeness (QED) is 0.282. The van der Waals surface area contributed by atoms with Crippen LogP contribution in [0, 0.1) is 0 Å². The fourth-order valence-corrected chi connectivity index (χ4v) is 5.21. The Hall–Kier alpha value is -3.49. The van der Waals surface area contributed by atoms with Gasteiger partial charge in [0.1, 0.15) is 23.1 Å². The molecule has 1 aromatic carbocycles. The molecule has 0 radical (unpaired) electrons. The number of hydrazone groups is 1. The van der Waals surface area contributed by atoms with Crippen molar-refractivity contribution < 1.29 is 23.8 Å². The van der Waals surface area contributed by atoms with E-state index in [1.807, 2.05) is 6.92 Å². The molecule has 13 nitrogen and oxygen atoms in total. The number of thioether (sulfide) groups is 1. The van der Waals surface area contributed by atoms with E-state index in [9.17, 15) is 9.59 Å². The van der Waals surface area contributed by atoms with Gasteiger partial charge in [0, 0.05) is 5.56 Å². The van der Waals surface area contributed by atoms with E-state index < -0.39 is 17.8 Å². The van der Waals surface area contributed by atoms with Crippen molar-refractivity contribution in [3.8, 4) is 11.6 Å². The second-order valence-electron chi connectivity index (χ2n) is 9.96. The number of primary amides is 1. The van der Waals surface area contributed by atoms with E-state index in [0.717, 1.165) is 24.3 Å². The first-order valence-corrected chi connectivity index (χ1v) is 14.3. The van der Waals surface area contributed by atoms with Crippen molar-refractivity contribution in [1.82, 2.24) is 30.1 Å². The predicted octanol–water partition coefficient (Wildman–Crippen LogP) is 5.34. The summed E-state index contributed by atoms with van der Waals surface area (Å²) in [7, 11) is 0. The Morgan fingerprint density at radius 1 is 1.17 bits per heavy atom. The molecule has 16 heteroatoms. The number of nitrogens with one attached hydrogen (secondary N) is 1. The molecule has 0 bridgehead atoms. The number of unbranched alkanes of at least 4 members (excludes halogenated alkanes) is 1. The van der Waals surface area contributed by atoms with Crippen LogP contribution in [0.5, 0.6) is 11.6 Å². The first-order chi connectivity index (χ1) is 19.4. The van der Waals surface area contributed by atoms with Gasteiger partial charge in [0.2, 0.25) is 0 Å². The molecule has 4 rings (SSSR count). The number of benzene rings is 1. The number of hydrogen-bond acceptors (Lipinski definition) is 11. The predicted molar refractivity (Wildman–Crippen MR) is 156 cm³/mol. The molecule has 0 aliphatic carbocycles. The first kappa shape index (κ1) is 30.5. The van der Waals surface area contributed by atoms with Gasteiger partial charge in [-0.25, -0.2) is 25.0 Å². The highest BCUT2D eigenvalue weighted by atomic mass is 35.5. The van der Waals surface area contributed by atoms with Crippen molar-refractivity contribution in [2.24, 2.45) is 10.8 Å². The minimum atomic E-state index is -1.00. The van der Waals surface area contributed by atoms with Crippen molar-refractivity contribution in [3.63, 3.8) is 0 Å². The highest BCUT2D eigenvalue weighted by molar-refractivity contribution is 8.14. The molecule has 2 amide bonds. The lowest BCUT2D eigenvalue weighted by atomic mass is 10.2. The highest BCUT2D eigenvalue weighted by Gasteiger charge is 2.27. The van der Waals surface area contributed by atoms with Gasteiger partial charge in [-0.3, -0.25) is 0 Å². The summed E-state index contributed by atoms with van der Waals surface area (Å²) in [6, 6.07) is 3.44. The average molecular weight is 626 g/mol. The minimum absolute atomic E-state index is 0.0434. The van der Waals surface area contributed by atoms with Crippen molar-refractivity contribution in [1.29, 1.82) is 0 Å². The lowest BCUT2D eigenvalue weighted by Crippen LogP contribution is -2.43. The maximum Gasteiger partial charge on any atom is 0.427 e. The smallest absolute Gasteiger partial charge is 0.427 e. The third-order valence-electron chi connectivity index (χ3n) is 5.56. The third kappa shape index (κ3) is 8.05. The molecule has 3 aromatic rings. The van der Waals surface area contributed by atoms with Crippen LogP contribution in [0.3, 0.4) is 0 Å². The van der Waals surface area contributed by atoms with Crippen molar-refractivity contribution in [2.45, 2.75) is 64.5 Å². The molecule has 2 aromatic heterocycles. The monoisotopic (exact) mass is 624 g/mol. The Labute approximate surface area is 250 Å². The summed E-state index contributed by atoms with van der Waals surface area (Å²) in [4.78, 5) is 35.7. The van der Waals surface area contributed by atoms with Crippen molar-refractivity contribution >= 4 is 63.4 Å². The van der Waals surface area contributed by atoms with Gasteiger partial charge in [-0.05, 0) is 59.1 Å². The van der Waals surface area contributed by atoms with Crippen LogP contribution in [-0.4, -0.2) is 59.4 Å². The summed E-state index contributed by atoms with van der Waals surface area (Å²) in [6.45, 7) is 8.04. The van der Waals surface area contributed by atoms with Crippen LogP contribution in [0.15, 0.2) is 29.9 Å². The Bertz CT molecular complexity index is 1460. The molecule has 0 saturated heterocycles. The first-order valence-electron chi connectivity index (χ1n) is 12.7. The van der Waals surface area contributed by atoms with E-state index >= 15 is 0 Å². The Kier molecular flexibility index (Phi) is 9.66. The van der Waals surface area contributed by atoms with E-state index in [1.165, 1.54) is 17.8 Å². The number of fused-ring (bicyclic) bond motifs is 1. The molecule has 220 valence electrons. The zero-order valence-corrected chi connectivity index (χ0v) is 25.2. The number of ether oxygens (including phenoxy) is 3. The fourth-order valence-electron chi connectivity index (χ4n) is 3.82. The van der Waals surface area contributed by atoms with Crippen molar-refractivity contribution in [2.75, 3.05) is 6.61 Å². The number of imidazole rings is 1. The lowest BCUT2D eigenvalue weighted by Gasteiger charge is -2.24. The van der Waals surface area contributed by atoms with E-state index in [4.69, 9.17) is 43.1 Å². The number of amides is 2. The molecule has 3 N–H and O–H groups in total. The molecule has 0 fully saturated rings. The van der Waals surface area contributed by atoms with Crippen LogP contribution in [0.2, 0.25) is 10.0 Å². The van der Waals surface area contributed by atoms with Gasteiger partial charge in [-0.15, -0.1) is 0 Å². The van der Waals surface area contributed by atoms with Crippen LogP contribution < -0.4 is 20.6 Å². The largest absolute Gasteiger partial charge is 0.493 e. The van der Waals surface area contributed by atoms with Crippen molar-refractivity contribution in [3.05, 3.63) is 40.4 Å². The standard InChI is InChI=1S/C25H30Cl2N8O5S/c1-14-35(33-24(37)40-25(2,3)4)32-18(41-14)7-5-6-10-38-17-9-8-16(26)19(27)15(17)11-34-13-31-20-21(34)29-12-30-22(20)39-23(28)36/h8-9,12-14H,5-7,10-11H2,1-4H3,(H2,28,36)(H,33,37)/t14-/m1/s1. The normalized spacial score (nSPS) is 15.1. The molecule has 0 saturated carbocycles. The van der Waals surface area contributed by atoms with Gasteiger partial charge in [0.15, 0.2) is 11.2 Å². The second-order valence-corrected chi connectivity index (χ2v) is 12.1. The number of hydrazine groups is 1. The average Bonchev–Trinajstić information content (AvgIpc) is 3.45. The zero-order chi connectivity index (χ0) is 29.7. The number of rotatable bonds is 10.